The van der Waals surface area contributed by atoms with Gasteiger partial charge in [0.2, 0.25) is 0 Å². The van der Waals surface area contributed by atoms with Crippen molar-refractivity contribution < 1.29 is 0 Å². The van der Waals surface area contributed by atoms with Gasteiger partial charge >= 0.3 is 0 Å². The summed E-state index contributed by atoms with van der Waals surface area (Å²) >= 11 is 0. The van der Waals surface area contributed by atoms with Crippen molar-refractivity contribution in [2.24, 2.45) is 5.73 Å². The molecular weight excluding hydrogens is 126 g/mol. The second-order valence-corrected chi connectivity index (χ2v) is 2.76. The Bertz CT molecular complexity index is 138. The van der Waals surface area contributed by atoms with Crippen LogP contribution >= 0.6 is 0 Å². The van der Waals surface area contributed by atoms with Crippen LogP contribution in [0.2, 0.25) is 0 Å². The van der Waals surface area contributed by atoms with Crippen LogP contribution in [0.3, 0.4) is 0 Å². The van der Waals surface area contributed by atoms with Gasteiger partial charge in [0.25, 0.3) is 0 Å². The van der Waals surface area contributed by atoms with E-state index in [9.17, 15) is 0 Å². The molecule has 10 heavy (non-hydrogen) atoms. The van der Waals surface area contributed by atoms with Gasteiger partial charge in [-0.05, 0) is 13.0 Å². The summed E-state index contributed by atoms with van der Waals surface area (Å²) in [6, 6.07) is 2.47. The van der Waals surface area contributed by atoms with E-state index in [1.807, 2.05) is 0 Å². The molecule has 1 saturated heterocycles. The van der Waals surface area contributed by atoms with Crippen LogP contribution in [0.15, 0.2) is 0 Å². The zero-order chi connectivity index (χ0) is 7.40. The number of hydrogen-bond acceptors (Lipinski definition) is 3. The molecule has 1 rings (SSSR count). The lowest BCUT2D eigenvalue weighted by atomic mass is 10.3. The highest BCUT2D eigenvalue weighted by molar-refractivity contribution is 4.80. The van der Waals surface area contributed by atoms with E-state index in [4.69, 9.17) is 11.0 Å². The SMILES string of the molecule is N#CCCN1CCC(N)C1. The van der Waals surface area contributed by atoms with Crippen molar-refractivity contribution in [3.63, 3.8) is 0 Å². The number of likely N-dealkylation sites (tertiary alicyclic amines) is 1. The van der Waals surface area contributed by atoms with Gasteiger partial charge in [-0.1, -0.05) is 0 Å². The lowest BCUT2D eigenvalue weighted by molar-refractivity contribution is 0.343. The molecule has 1 atom stereocenters. The summed E-state index contributed by atoms with van der Waals surface area (Å²) in [5.41, 5.74) is 5.67. The van der Waals surface area contributed by atoms with Crippen LogP contribution in [0.1, 0.15) is 12.8 Å². The van der Waals surface area contributed by atoms with Crippen molar-refractivity contribution in [2.45, 2.75) is 18.9 Å². The third kappa shape index (κ3) is 1.98. The van der Waals surface area contributed by atoms with Gasteiger partial charge in [-0.2, -0.15) is 5.26 Å². The highest BCUT2D eigenvalue weighted by Gasteiger charge is 2.17. The van der Waals surface area contributed by atoms with Gasteiger partial charge in [0, 0.05) is 25.6 Å². The Morgan fingerprint density at radius 2 is 2.50 bits per heavy atom. The summed E-state index contributed by atoms with van der Waals surface area (Å²) in [7, 11) is 0. The number of nitrogens with two attached hydrogens (primary N) is 1. The molecule has 0 aromatic carbocycles. The maximum Gasteiger partial charge on any atom is 0.0635 e. The van der Waals surface area contributed by atoms with Crippen molar-refractivity contribution in [3.8, 4) is 6.07 Å². The maximum atomic E-state index is 8.28. The molecule has 0 bridgehead atoms. The highest BCUT2D eigenvalue weighted by Crippen LogP contribution is 2.06. The largest absolute Gasteiger partial charge is 0.326 e. The Hall–Kier alpha value is -0.590. The van der Waals surface area contributed by atoms with Crippen LogP contribution in [0.4, 0.5) is 0 Å². The predicted octanol–water partition coefficient (Wildman–Crippen LogP) is -0.0669. The first-order valence-corrected chi connectivity index (χ1v) is 3.68. The van der Waals surface area contributed by atoms with Gasteiger partial charge in [0.15, 0.2) is 0 Å². The number of nitriles is 1. The summed E-state index contributed by atoms with van der Waals surface area (Å²) in [6.07, 6.45) is 1.72. The number of nitrogens with zero attached hydrogens (tertiary/aromatic N) is 2. The Morgan fingerprint density at radius 1 is 1.70 bits per heavy atom. The molecule has 0 radical (unpaired) electrons. The minimum absolute atomic E-state index is 0.346. The fraction of sp³-hybridized carbons (Fsp3) is 0.857. The zero-order valence-corrected chi connectivity index (χ0v) is 6.08. The third-order valence-corrected chi connectivity index (χ3v) is 1.85. The quantitative estimate of drug-likeness (QED) is 0.582. The van der Waals surface area contributed by atoms with Crippen LogP contribution < -0.4 is 5.73 Å². The Balaban J connectivity index is 2.14. The fourth-order valence-corrected chi connectivity index (χ4v) is 1.27. The second kappa shape index (κ2) is 3.55. The van der Waals surface area contributed by atoms with Crippen molar-refractivity contribution >= 4 is 0 Å². The highest BCUT2D eigenvalue weighted by atomic mass is 15.2. The molecule has 0 saturated carbocycles. The van der Waals surface area contributed by atoms with Crippen LogP contribution in [-0.4, -0.2) is 30.6 Å². The van der Waals surface area contributed by atoms with E-state index in [0.29, 0.717) is 12.5 Å². The summed E-state index contributed by atoms with van der Waals surface area (Å²) in [5.74, 6) is 0. The second-order valence-electron chi connectivity index (χ2n) is 2.76. The molecule has 1 unspecified atom stereocenters. The van der Waals surface area contributed by atoms with Crippen molar-refractivity contribution in [1.29, 1.82) is 5.26 Å². The molecule has 0 aromatic rings. The van der Waals surface area contributed by atoms with E-state index < -0.39 is 0 Å². The molecular formula is C7H13N3. The molecule has 0 aliphatic carbocycles. The molecule has 1 heterocycles. The topological polar surface area (TPSA) is 53.0 Å². The summed E-state index contributed by atoms with van der Waals surface area (Å²) in [6.45, 7) is 2.94. The van der Waals surface area contributed by atoms with E-state index in [2.05, 4.69) is 11.0 Å². The molecule has 0 amide bonds. The minimum Gasteiger partial charge on any atom is -0.326 e. The van der Waals surface area contributed by atoms with Crippen molar-refractivity contribution in [2.75, 3.05) is 19.6 Å². The first-order valence-electron chi connectivity index (χ1n) is 3.68. The lowest BCUT2D eigenvalue weighted by Crippen LogP contribution is -2.27. The molecule has 1 fully saturated rings. The summed E-state index contributed by atoms with van der Waals surface area (Å²) < 4.78 is 0. The normalized spacial score (nSPS) is 26.6. The van der Waals surface area contributed by atoms with E-state index in [1.165, 1.54) is 0 Å². The molecule has 0 aromatic heterocycles. The Morgan fingerprint density at radius 3 is 3.00 bits per heavy atom. The van der Waals surface area contributed by atoms with Crippen LogP contribution in [0, 0.1) is 11.3 Å². The van der Waals surface area contributed by atoms with E-state index in [0.717, 1.165) is 26.1 Å². The third-order valence-electron chi connectivity index (χ3n) is 1.85. The zero-order valence-electron chi connectivity index (χ0n) is 6.08. The van der Waals surface area contributed by atoms with Crippen LogP contribution in [0.5, 0.6) is 0 Å². The van der Waals surface area contributed by atoms with E-state index >= 15 is 0 Å². The first-order chi connectivity index (χ1) is 4.83. The van der Waals surface area contributed by atoms with E-state index in [-0.39, 0.29) is 0 Å². The average molecular weight is 139 g/mol. The Kier molecular flexibility index (Phi) is 2.67. The maximum absolute atomic E-state index is 8.28. The van der Waals surface area contributed by atoms with E-state index in [1.54, 1.807) is 0 Å². The molecule has 1 aliphatic heterocycles. The molecule has 3 heteroatoms. The first kappa shape index (κ1) is 7.52. The lowest BCUT2D eigenvalue weighted by Gasteiger charge is -2.11. The van der Waals surface area contributed by atoms with Gasteiger partial charge in [-0.3, -0.25) is 0 Å². The van der Waals surface area contributed by atoms with Gasteiger partial charge < -0.3 is 10.6 Å². The smallest absolute Gasteiger partial charge is 0.0635 e. The van der Waals surface area contributed by atoms with Gasteiger partial charge in [0.05, 0.1) is 6.07 Å². The monoisotopic (exact) mass is 139 g/mol. The van der Waals surface area contributed by atoms with Gasteiger partial charge in [-0.15, -0.1) is 0 Å². The number of hydrogen-bond donors (Lipinski definition) is 1. The standard InChI is InChI=1S/C7H13N3/c8-3-1-4-10-5-2-7(9)6-10/h7H,1-2,4-6,9H2. The molecule has 3 nitrogen and oxygen atoms in total. The predicted molar refractivity (Wildman–Crippen MR) is 39.3 cm³/mol. The minimum atomic E-state index is 0.346. The average Bonchev–Trinajstić information content (AvgIpc) is 2.31. The van der Waals surface area contributed by atoms with Gasteiger partial charge in [0.1, 0.15) is 0 Å². The fourth-order valence-electron chi connectivity index (χ4n) is 1.27. The van der Waals surface area contributed by atoms with Crippen LogP contribution in [-0.2, 0) is 0 Å². The van der Waals surface area contributed by atoms with Crippen molar-refractivity contribution in [1.82, 2.24) is 4.90 Å². The Labute approximate surface area is 61.4 Å². The molecule has 1 aliphatic rings. The molecule has 2 N–H and O–H groups in total. The molecule has 0 spiro atoms. The van der Waals surface area contributed by atoms with Crippen molar-refractivity contribution in [3.05, 3.63) is 0 Å². The number of rotatable bonds is 2. The van der Waals surface area contributed by atoms with Gasteiger partial charge in [-0.25, -0.2) is 0 Å². The van der Waals surface area contributed by atoms with Crippen LogP contribution in [0.25, 0.3) is 0 Å². The molecule has 56 valence electrons. The summed E-state index contributed by atoms with van der Waals surface area (Å²) in [4.78, 5) is 2.24. The summed E-state index contributed by atoms with van der Waals surface area (Å²) in [5, 5.41) is 8.28.